The molecule has 1 rings (SSSR count). The minimum Gasteiger partial charge on any atom is -0.396 e. The van der Waals surface area contributed by atoms with Gasteiger partial charge in [0.1, 0.15) is 0 Å². The highest BCUT2D eigenvalue weighted by molar-refractivity contribution is 5.73. The van der Waals surface area contributed by atoms with Crippen molar-refractivity contribution in [2.45, 2.75) is 59.3 Å². The van der Waals surface area contributed by atoms with E-state index in [9.17, 15) is 4.79 Å². The van der Waals surface area contributed by atoms with Gasteiger partial charge in [-0.2, -0.15) is 0 Å². The Bertz CT molecular complexity index is 286. The number of aliphatic hydroxyl groups is 1. The molecule has 0 aliphatic heterocycles. The SMILES string of the molecule is CCCC1(CNC(=O)NCC(C)(C)CCO)CCC1. The lowest BCUT2D eigenvalue weighted by molar-refractivity contribution is 0.117. The van der Waals surface area contributed by atoms with Crippen molar-refractivity contribution in [3.63, 3.8) is 0 Å². The molecule has 0 unspecified atom stereocenters. The van der Waals surface area contributed by atoms with E-state index in [-0.39, 0.29) is 18.1 Å². The monoisotopic (exact) mass is 270 g/mol. The molecule has 112 valence electrons. The van der Waals surface area contributed by atoms with Crippen LogP contribution in [0.1, 0.15) is 59.3 Å². The molecule has 1 fully saturated rings. The summed E-state index contributed by atoms with van der Waals surface area (Å²) in [7, 11) is 0. The molecule has 0 aromatic carbocycles. The maximum absolute atomic E-state index is 11.8. The number of urea groups is 1. The van der Waals surface area contributed by atoms with Crippen LogP contribution >= 0.6 is 0 Å². The van der Waals surface area contributed by atoms with Gasteiger partial charge in [0.25, 0.3) is 0 Å². The molecule has 0 heterocycles. The van der Waals surface area contributed by atoms with Crippen LogP contribution in [0.25, 0.3) is 0 Å². The zero-order chi connectivity index (χ0) is 14.4. The number of amides is 2. The molecule has 4 heteroatoms. The van der Waals surface area contributed by atoms with Crippen molar-refractivity contribution < 1.29 is 9.90 Å². The molecule has 0 saturated heterocycles. The van der Waals surface area contributed by atoms with Crippen LogP contribution in [0.4, 0.5) is 4.79 Å². The molecular weight excluding hydrogens is 240 g/mol. The maximum atomic E-state index is 11.8. The van der Waals surface area contributed by atoms with E-state index in [4.69, 9.17) is 5.11 Å². The van der Waals surface area contributed by atoms with Crippen molar-refractivity contribution in [3.8, 4) is 0 Å². The first-order valence-corrected chi connectivity index (χ1v) is 7.56. The third-order valence-electron chi connectivity index (χ3n) is 4.33. The second kappa shape index (κ2) is 7.13. The van der Waals surface area contributed by atoms with Crippen LogP contribution in [-0.2, 0) is 0 Å². The van der Waals surface area contributed by atoms with E-state index < -0.39 is 0 Å². The molecule has 0 bridgehead atoms. The van der Waals surface area contributed by atoms with Gasteiger partial charge < -0.3 is 15.7 Å². The van der Waals surface area contributed by atoms with Gasteiger partial charge in [0.2, 0.25) is 0 Å². The third-order valence-corrected chi connectivity index (χ3v) is 4.33. The molecule has 4 nitrogen and oxygen atoms in total. The highest BCUT2D eigenvalue weighted by Crippen LogP contribution is 2.44. The molecule has 0 atom stereocenters. The molecule has 3 N–H and O–H groups in total. The zero-order valence-electron chi connectivity index (χ0n) is 12.7. The van der Waals surface area contributed by atoms with Crippen molar-refractivity contribution in [2.75, 3.05) is 19.7 Å². The van der Waals surface area contributed by atoms with E-state index in [0.717, 1.165) is 6.54 Å². The van der Waals surface area contributed by atoms with E-state index in [1.807, 2.05) is 13.8 Å². The fraction of sp³-hybridized carbons (Fsp3) is 0.933. The van der Waals surface area contributed by atoms with Crippen molar-refractivity contribution in [3.05, 3.63) is 0 Å². The fourth-order valence-electron chi connectivity index (χ4n) is 2.76. The Morgan fingerprint density at radius 1 is 1.32 bits per heavy atom. The second-order valence-electron chi connectivity index (χ2n) is 6.78. The number of aliphatic hydroxyl groups excluding tert-OH is 1. The second-order valence-corrected chi connectivity index (χ2v) is 6.78. The van der Waals surface area contributed by atoms with Gasteiger partial charge in [0, 0.05) is 19.7 Å². The number of hydrogen-bond donors (Lipinski definition) is 3. The molecule has 1 aliphatic rings. The predicted molar refractivity (Wildman–Crippen MR) is 78.1 cm³/mol. The molecule has 1 aliphatic carbocycles. The normalized spacial score (nSPS) is 17.7. The maximum Gasteiger partial charge on any atom is 0.314 e. The van der Waals surface area contributed by atoms with E-state index in [2.05, 4.69) is 17.6 Å². The van der Waals surface area contributed by atoms with Crippen LogP contribution in [-0.4, -0.2) is 30.8 Å². The lowest BCUT2D eigenvalue weighted by Gasteiger charge is -2.42. The predicted octanol–water partition coefficient (Wildman–Crippen LogP) is 2.66. The fourth-order valence-corrected chi connectivity index (χ4v) is 2.76. The minimum atomic E-state index is -0.0756. The highest BCUT2D eigenvalue weighted by atomic mass is 16.3. The molecule has 0 aromatic heterocycles. The highest BCUT2D eigenvalue weighted by Gasteiger charge is 2.36. The zero-order valence-corrected chi connectivity index (χ0v) is 12.7. The van der Waals surface area contributed by atoms with Crippen molar-refractivity contribution in [1.82, 2.24) is 10.6 Å². The van der Waals surface area contributed by atoms with E-state index in [1.165, 1.54) is 32.1 Å². The summed E-state index contributed by atoms with van der Waals surface area (Å²) < 4.78 is 0. The van der Waals surface area contributed by atoms with Crippen LogP contribution in [0.3, 0.4) is 0 Å². The quantitative estimate of drug-likeness (QED) is 0.635. The Morgan fingerprint density at radius 2 is 2.00 bits per heavy atom. The first-order chi connectivity index (χ1) is 8.93. The van der Waals surface area contributed by atoms with Crippen LogP contribution in [0.15, 0.2) is 0 Å². The first kappa shape index (κ1) is 16.3. The Labute approximate surface area is 117 Å². The smallest absolute Gasteiger partial charge is 0.314 e. The lowest BCUT2D eigenvalue weighted by Crippen LogP contribution is -2.47. The molecule has 2 amide bonds. The van der Waals surface area contributed by atoms with E-state index in [0.29, 0.717) is 18.4 Å². The van der Waals surface area contributed by atoms with Gasteiger partial charge in [0.05, 0.1) is 0 Å². The van der Waals surface area contributed by atoms with Gasteiger partial charge in [-0.25, -0.2) is 4.79 Å². The number of nitrogens with one attached hydrogen (secondary N) is 2. The molecule has 0 aromatic rings. The largest absolute Gasteiger partial charge is 0.396 e. The Kier molecular flexibility index (Phi) is 6.11. The Balaban J connectivity index is 2.24. The van der Waals surface area contributed by atoms with E-state index in [1.54, 1.807) is 0 Å². The average molecular weight is 270 g/mol. The summed E-state index contributed by atoms with van der Waals surface area (Å²) in [6, 6.07) is -0.0756. The van der Waals surface area contributed by atoms with Crippen molar-refractivity contribution in [2.24, 2.45) is 10.8 Å². The summed E-state index contributed by atoms with van der Waals surface area (Å²) in [4.78, 5) is 11.8. The summed E-state index contributed by atoms with van der Waals surface area (Å²) in [6.45, 7) is 7.86. The van der Waals surface area contributed by atoms with Crippen LogP contribution in [0.5, 0.6) is 0 Å². The first-order valence-electron chi connectivity index (χ1n) is 7.56. The summed E-state index contributed by atoms with van der Waals surface area (Å²) in [6.07, 6.45) is 6.89. The average Bonchev–Trinajstić information content (AvgIpc) is 2.30. The topological polar surface area (TPSA) is 61.4 Å². The molecule has 0 radical (unpaired) electrons. The van der Waals surface area contributed by atoms with Gasteiger partial charge in [-0.3, -0.25) is 0 Å². The van der Waals surface area contributed by atoms with Gasteiger partial charge in [0.15, 0.2) is 0 Å². The van der Waals surface area contributed by atoms with Crippen molar-refractivity contribution >= 4 is 6.03 Å². The van der Waals surface area contributed by atoms with Crippen LogP contribution in [0, 0.1) is 10.8 Å². The third kappa shape index (κ3) is 5.39. The Morgan fingerprint density at radius 3 is 2.47 bits per heavy atom. The van der Waals surface area contributed by atoms with Gasteiger partial charge in [-0.1, -0.05) is 33.6 Å². The van der Waals surface area contributed by atoms with Gasteiger partial charge >= 0.3 is 6.03 Å². The van der Waals surface area contributed by atoms with Gasteiger partial charge in [-0.05, 0) is 36.5 Å². The summed E-state index contributed by atoms with van der Waals surface area (Å²) in [5.74, 6) is 0. The van der Waals surface area contributed by atoms with Gasteiger partial charge in [-0.15, -0.1) is 0 Å². The van der Waals surface area contributed by atoms with Crippen LogP contribution in [0.2, 0.25) is 0 Å². The van der Waals surface area contributed by atoms with Crippen LogP contribution < -0.4 is 10.6 Å². The number of carbonyl (C=O) groups is 1. The minimum absolute atomic E-state index is 0.0519. The molecule has 1 saturated carbocycles. The molecule has 0 spiro atoms. The van der Waals surface area contributed by atoms with E-state index >= 15 is 0 Å². The number of rotatable bonds is 8. The molecule has 19 heavy (non-hydrogen) atoms. The summed E-state index contributed by atoms with van der Waals surface area (Å²) >= 11 is 0. The van der Waals surface area contributed by atoms with Crippen molar-refractivity contribution in [1.29, 1.82) is 0 Å². The summed E-state index contributed by atoms with van der Waals surface area (Å²) in [5, 5.41) is 14.9. The standard InChI is InChI=1S/C15H30N2O2/c1-4-6-15(7-5-8-15)12-17-13(19)16-11-14(2,3)9-10-18/h18H,4-12H2,1-3H3,(H2,16,17,19). The number of hydrogen-bond acceptors (Lipinski definition) is 2. The lowest BCUT2D eigenvalue weighted by atomic mass is 9.66. The number of carbonyl (C=O) groups excluding carboxylic acids is 1. The summed E-state index contributed by atoms with van der Waals surface area (Å²) in [5.41, 5.74) is 0.316. The Hall–Kier alpha value is -0.770. The molecular formula is C15H30N2O2.